The SMILES string of the molecule is FC(F)(F)c1ccc(-c2nc(-c3ccc(C(F)(F)F)nc3)ncc2-c2cnc3ccccc3n2)cc1. The third kappa shape index (κ3) is 4.59. The first-order valence-corrected chi connectivity index (χ1v) is 10.4. The van der Waals surface area contributed by atoms with Gasteiger partial charge in [-0.05, 0) is 36.4 Å². The summed E-state index contributed by atoms with van der Waals surface area (Å²) >= 11 is 0. The van der Waals surface area contributed by atoms with E-state index in [1.807, 2.05) is 0 Å². The predicted octanol–water partition coefficient (Wildman–Crippen LogP) is 6.85. The highest BCUT2D eigenvalue weighted by atomic mass is 19.4. The number of alkyl halides is 6. The van der Waals surface area contributed by atoms with Crippen molar-refractivity contribution in [1.29, 1.82) is 0 Å². The van der Waals surface area contributed by atoms with Crippen LogP contribution in [0.1, 0.15) is 11.3 Å². The molecule has 0 saturated heterocycles. The molecule has 0 N–H and O–H groups in total. The van der Waals surface area contributed by atoms with Crippen LogP contribution in [0.4, 0.5) is 26.3 Å². The molecule has 3 heterocycles. The molecule has 180 valence electrons. The van der Waals surface area contributed by atoms with Crippen LogP contribution < -0.4 is 0 Å². The first kappa shape index (κ1) is 23.3. The molecule has 36 heavy (non-hydrogen) atoms. The molecule has 0 aliphatic heterocycles. The van der Waals surface area contributed by atoms with Crippen molar-refractivity contribution in [3.05, 3.63) is 90.5 Å². The highest BCUT2D eigenvalue weighted by Gasteiger charge is 2.32. The van der Waals surface area contributed by atoms with E-state index in [0.29, 0.717) is 27.9 Å². The zero-order valence-corrected chi connectivity index (χ0v) is 18.0. The van der Waals surface area contributed by atoms with E-state index in [1.165, 1.54) is 30.6 Å². The van der Waals surface area contributed by atoms with Crippen LogP contribution >= 0.6 is 0 Å². The monoisotopic (exact) mass is 497 g/mol. The lowest BCUT2D eigenvalue weighted by Crippen LogP contribution is -2.07. The molecule has 0 radical (unpaired) electrons. The second-order valence-electron chi connectivity index (χ2n) is 7.70. The molecule has 11 heteroatoms. The number of aromatic nitrogens is 5. The number of nitrogens with zero attached hydrogens (tertiary/aromatic N) is 5. The van der Waals surface area contributed by atoms with E-state index in [2.05, 4.69) is 24.9 Å². The van der Waals surface area contributed by atoms with Crippen LogP contribution in [-0.4, -0.2) is 24.9 Å². The lowest BCUT2D eigenvalue weighted by molar-refractivity contribution is -0.141. The average Bonchev–Trinajstić information content (AvgIpc) is 2.87. The summed E-state index contributed by atoms with van der Waals surface area (Å²) in [6.07, 6.45) is -5.23. The van der Waals surface area contributed by atoms with Crippen molar-refractivity contribution < 1.29 is 26.3 Å². The number of para-hydroxylation sites is 2. The minimum atomic E-state index is -4.61. The molecule has 0 unspecified atom stereocenters. The van der Waals surface area contributed by atoms with Gasteiger partial charge in [-0.1, -0.05) is 24.3 Å². The van der Waals surface area contributed by atoms with Crippen LogP contribution in [-0.2, 0) is 12.4 Å². The molecule has 0 bridgehead atoms. The summed E-state index contributed by atoms with van der Waals surface area (Å²) < 4.78 is 77.9. The lowest BCUT2D eigenvalue weighted by Gasteiger charge is -2.12. The Bertz CT molecular complexity index is 1550. The normalized spacial score (nSPS) is 12.2. The first-order chi connectivity index (χ1) is 17.1. The van der Waals surface area contributed by atoms with Gasteiger partial charge in [0.05, 0.1) is 34.2 Å². The highest BCUT2D eigenvalue weighted by molar-refractivity contribution is 5.83. The standard InChI is InChI=1S/C25H13F6N5/c26-24(27,28)16-8-5-14(6-9-16)22-17(20-13-32-18-3-1-2-4-19(18)35-20)12-34-23(36-22)15-7-10-21(33-11-15)25(29,30)31/h1-13H. The van der Waals surface area contributed by atoms with Crippen molar-refractivity contribution in [1.82, 2.24) is 24.9 Å². The average molecular weight is 497 g/mol. The van der Waals surface area contributed by atoms with Gasteiger partial charge in [-0.2, -0.15) is 26.3 Å². The van der Waals surface area contributed by atoms with E-state index >= 15 is 0 Å². The van der Waals surface area contributed by atoms with Crippen molar-refractivity contribution in [3.63, 3.8) is 0 Å². The minimum absolute atomic E-state index is 0.0450. The largest absolute Gasteiger partial charge is 0.433 e. The van der Waals surface area contributed by atoms with Crippen molar-refractivity contribution >= 4 is 11.0 Å². The molecule has 0 spiro atoms. The van der Waals surface area contributed by atoms with Gasteiger partial charge < -0.3 is 0 Å². The third-order valence-electron chi connectivity index (χ3n) is 5.31. The molecule has 0 atom stereocenters. The van der Waals surface area contributed by atoms with Crippen LogP contribution in [0.5, 0.6) is 0 Å². The van der Waals surface area contributed by atoms with Crippen LogP contribution in [0.3, 0.4) is 0 Å². The Morgan fingerprint density at radius 3 is 1.89 bits per heavy atom. The molecule has 0 fully saturated rings. The van der Waals surface area contributed by atoms with Crippen LogP contribution in [0.2, 0.25) is 0 Å². The Hall–Kier alpha value is -4.41. The Kier molecular flexibility index (Phi) is 5.62. The number of hydrogen-bond donors (Lipinski definition) is 0. The molecule has 5 rings (SSSR count). The van der Waals surface area contributed by atoms with Crippen LogP contribution in [0.15, 0.2) is 79.3 Å². The van der Waals surface area contributed by atoms with Crippen molar-refractivity contribution in [3.8, 4) is 33.9 Å². The molecule has 2 aromatic carbocycles. The smallest absolute Gasteiger partial charge is 0.252 e. The molecule has 5 aromatic rings. The highest BCUT2D eigenvalue weighted by Crippen LogP contribution is 2.35. The Balaban J connectivity index is 1.65. The van der Waals surface area contributed by atoms with E-state index in [-0.39, 0.29) is 17.1 Å². The van der Waals surface area contributed by atoms with E-state index in [1.54, 1.807) is 24.3 Å². The van der Waals surface area contributed by atoms with Gasteiger partial charge in [0.2, 0.25) is 0 Å². The van der Waals surface area contributed by atoms with Crippen LogP contribution in [0, 0.1) is 0 Å². The van der Waals surface area contributed by atoms with Crippen LogP contribution in [0.25, 0.3) is 44.9 Å². The second kappa shape index (κ2) is 8.67. The summed E-state index contributed by atoms with van der Waals surface area (Å²) in [6.45, 7) is 0. The maximum atomic E-state index is 13.1. The van der Waals surface area contributed by atoms with Crippen molar-refractivity contribution in [2.75, 3.05) is 0 Å². The Morgan fingerprint density at radius 1 is 0.556 bits per heavy atom. The lowest BCUT2D eigenvalue weighted by atomic mass is 10.0. The summed E-state index contributed by atoms with van der Waals surface area (Å²) in [5.41, 5.74) is 0.853. The molecular formula is C25H13F6N5. The first-order valence-electron chi connectivity index (χ1n) is 10.4. The fourth-order valence-electron chi connectivity index (χ4n) is 3.53. The summed E-state index contributed by atoms with van der Waals surface area (Å²) in [5.74, 6) is 0.0450. The summed E-state index contributed by atoms with van der Waals surface area (Å²) in [5, 5.41) is 0. The maximum Gasteiger partial charge on any atom is 0.433 e. The zero-order valence-electron chi connectivity index (χ0n) is 18.0. The topological polar surface area (TPSA) is 64.5 Å². The van der Waals surface area contributed by atoms with Crippen molar-refractivity contribution in [2.45, 2.75) is 12.4 Å². The van der Waals surface area contributed by atoms with Gasteiger partial charge >= 0.3 is 12.4 Å². The van der Waals surface area contributed by atoms with E-state index < -0.39 is 23.6 Å². The zero-order chi connectivity index (χ0) is 25.5. The number of halogens is 6. The number of pyridine rings is 1. The van der Waals surface area contributed by atoms with E-state index in [9.17, 15) is 26.3 Å². The summed E-state index contributed by atoms with van der Waals surface area (Å²) in [7, 11) is 0. The Morgan fingerprint density at radius 2 is 1.25 bits per heavy atom. The Labute approximate surface area is 199 Å². The second-order valence-corrected chi connectivity index (χ2v) is 7.70. The molecule has 0 amide bonds. The molecular weight excluding hydrogens is 484 g/mol. The van der Waals surface area contributed by atoms with Gasteiger partial charge in [0.1, 0.15) is 5.69 Å². The van der Waals surface area contributed by atoms with Gasteiger partial charge in [-0.15, -0.1) is 0 Å². The molecule has 5 nitrogen and oxygen atoms in total. The molecule has 0 aliphatic rings. The summed E-state index contributed by atoms with van der Waals surface area (Å²) in [6, 6.07) is 13.5. The van der Waals surface area contributed by atoms with E-state index in [4.69, 9.17) is 0 Å². The quantitative estimate of drug-likeness (QED) is 0.255. The van der Waals surface area contributed by atoms with Crippen molar-refractivity contribution in [2.24, 2.45) is 0 Å². The van der Waals surface area contributed by atoms with Gasteiger partial charge in [-0.3, -0.25) is 9.97 Å². The fraction of sp³-hybridized carbons (Fsp3) is 0.0800. The van der Waals surface area contributed by atoms with Gasteiger partial charge in [-0.25, -0.2) is 15.0 Å². The molecule has 3 aromatic heterocycles. The number of hydrogen-bond acceptors (Lipinski definition) is 5. The van der Waals surface area contributed by atoms with Gasteiger partial charge in [0.15, 0.2) is 5.82 Å². The number of benzene rings is 2. The number of rotatable bonds is 3. The fourth-order valence-corrected chi connectivity index (χ4v) is 3.53. The summed E-state index contributed by atoms with van der Waals surface area (Å²) in [4.78, 5) is 21.1. The third-order valence-corrected chi connectivity index (χ3v) is 5.31. The van der Waals surface area contributed by atoms with E-state index in [0.717, 1.165) is 24.4 Å². The minimum Gasteiger partial charge on any atom is -0.252 e. The number of fused-ring (bicyclic) bond motifs is 1. The molecule has 0 saturated carbocycles. The maximum absolute atomic E-state index is 13.1. The van der Waals surface area contributed by atoms with Gasteiger partial charge in [0, 0.05) is 29.1 Å². The van der Waals surface area contributed by atoms with Gasteiger partial charge in [0.25, 0.3) is 0 Å². The predicted molar refractivity (Wildman–Crippen MR) is 119 cm³/mol. The molecule has 0 aliphatic carbocycles.